The van der Waals surface area contributed by atoms with Crippen LogP contribution in [0.5, 0.6) is 0 Å². The summed E-state index contributed by atoms with van der Waals surface area (Å²) in [6, 6.07) is 4.31. The maximum Gasteiger partial charge on any atom is 0.422 e. The van der Waals surface area contributed by atoms with Crippen molar-refractivity contribution in [3.8, 4) is 0 Å². The molecule has 19 heavy (non-hydrogen) atoms. The minimum absolute atomic E-state index is 0.163. The third kappa shape index (κ3) is 2.92. The summed E-state index contributed by atoms with van der Waals surface area (Å²) < 4.78 is 39.1. The van der Waals surface area contributed by atoms with Crippen LogP contribution in [0.2, 0.25) is 0 Å². The van der Waals surface area contributed by atoms with Gasteiger partial charge in [-0.25, -0.2) is 0 Å². The Kier molecular flexibility index (Phi) is 4.04. The van der Waals surface area contributed by atoms with Crippen molar-refractivity contribution in [1.29, 1.82) is 0 Å². The minimum atomic E-state index is -4.82. The third-order valence-electron chi connectivity index (χ3n) is 3.28. The average molecular weight is 275 g/mol. The van der Waals surface area contributed by atoms with Gasteiger partial charge < -0.3 is 10.8 Å². The van der Waals surface area contributed by atoms with E-state index >= 15 is 0 Å². The van der Waals surface area contributed by atoms with Crippen molar-refractivity contribution in [3.63, 3.8) is 0 Å². The van der Waals surface area contributed by atoms with Gasteiger partial charge in [0.05, 0.1) is 0 Å². The third-order valence-corrected chi connectivity index (χ3v) is 3.28. The predicted octanol–water partition coefficient (Wildman–Crippen LogP) is 3.08. The molecule has 2 unspecified atom stereocenters. The van der Waals surface area contributed by atoms with Gasteiger partial charge in [0.1, 0.15) is 0 Å². The van der Waals surface area contributed by atoms with Crippen LogP contribution in [0.3, 0.4) is 0 Å². The molecule has 2 nitrogen and oxygen atoms in total. The average Bonchev–Trinajstić information content (AvgIpc) is 2.25. The van der Waals surface area contributed by atoms with E-state index in [4.69, 9.17) is 5.73 Å². The van der Waals surface area contributed by atoms with Crippen molar-refractivity contribution in [1.82, 2.24) is 0 Å². The normalized spacial score (nSPS) is 17.9. The molecule has 0 aromatic heterocycles. The topological polar surface area (TPSA) is 46.2 Å². The summed E-state index contributed by atoms with van der Waals surface area (Å²) >= 11 is 0. The van der Waals surface area contributed by atoms with Crippen LogP contribution in [0.25, 0.3) is 0 Å². The molecule has 1 aromatic rings. The summed E-state index contributed by atoms with van der Waals surface area (Å²) in [5.74, 6) is 0. The highest BCUT2D eigenvalue weighted by atomic mass is 19.4. The molecule has 0 fully saturated rings. The molecule has 0 saturated carbocycles. The lowest BCUT2D eigenvalue weighted by atomic mass is 9.82. The lowest BCUT2D eigenvalue weighted by Crippen LogP contribution is -2.54. The van der Waals surface area contributed by atoms with Gasteiger partial charge >= 0.3 is 6.18 Å². The molecule has 0 heterocycles. The highest BCUT2D eigenvalue weighted by Crippen LogP contribution is 2.41. The first-order valence-corrected chi connectivity index (χ1v) is 6.06. The van der Waals surface area contributed by atoms with E-state index in [1.54, 1.807) is 12.1 Å². The molecule has 0 spiro atoms. The number of aliphatic hydroxyl groups is 1. The highest BCUT2D eigenvalue weighted by molar-refractivity contribution is 5.32. The van der Waals surface area contributed by atoms with Crippen LogP contribution >= 0.6 is 0 Å². The fourth-order valence-electron chi connectivity index (χ4n) is 1.91. The van der Waals surface area contributed by atoms with E-state index in [9.17, 15) is 18.3 Å². The molecule has 0 radical (unpaired) electrons. The number of rotatable bonds is 2. The van der Waals surface area contributed by atoms with E-state index in [0.717, 1.165) is 12.5 Å². The number of alkyl halides is 3. The van der Waals surface area contributed by atoms with Crippen LogP contribution < -0.4 is 5.73 Å². The van der Waals surface area contributed by atoms with E-state index in [2.05, 4.69) is 0 Å². The van der Waals surface area contributed by atoms with Crippen LogP contribution in [0.15, 0.2) is 24.3 Å². The Bertz CT molecular complexity index is 431. The monoisotopic (exact) mass is 275 g/mol. The smallest absolute Gasteiger partial charge is 0.375 e. The zero-order valence-electron chi connectivity index (χ0n) is 11.5. The lowest BCUT2D eigenvalue weighted by Gasteiger charge is -2.34. The van der Waals surface area contributed by atoms with E-state index < -0.39 is 17.8 Å². The van der Waals surface area contributed by atoms with Gasteiger partial charge in [0.15, 0.2) is 0 Å². The first kappa shape index (κ1) is 16.0. The molecule has 0 aliphatic rings. The summed E-state index contributed by atoms with van der Waals surface area (Å²) in [5.41, 5.74) is 2.82. The lowest BCUT2D eigenvalue weighted by molar-refractivity contribution is -0.272. The van der Waals surface area contributed by atoms with Gasteiger partial charge in [0.25, 0.3) is 0 Å². The second-order valence-corrected chi connectivity index (χ2v) is 5.88. The summed E-state index contributed by atoms with van der Waals surface area (Å²) in [6.07, 6.45) is -4.82. The van der Waals surface area contributed by atoms with Crippen LogP contribution in [0, 0.1) is 0 Å². The Hall–Kier alpha value is -1.07. The summed E-state index contributed by atoms with van der Waals surface area (Å²) in [4.78, 5) is 0. The molecular weight excluding hydrogens is 255 g/mol. The zero-order chi connectivity index (χ0) is 15.1. The van der Waals surface area contributed by atoms with E-state index in [-0.39, 0.29) is 11.0 Å². The summed E-state index contributed by atoms with van der Waals surface area (Å²) in [7, 11) is 0. The molecule has 1 rings (SSSR count). The number of halogens is 3. The fraction of sp³-hybridized carbons (Fsp3) is 0.571. The Morgan fingerprint density at radius 3 is 1.63 bits per heavy atom. The maximum absolute atomic E-state index is 13.0. The molecule has 0 saturated heterocycles. The van der Waals surface area contributed by atoms with Gasteiger partial charge in [-0.1, -0.05) is 45.0 Å². The molecular formula is C14H20F3NO. The first-order valence-electron chi connectivity index (χ1n) is 6.06. The highest BCUT2D eigenvalue weighted by Gasteiger charge is 2.57. The minimum Gasteiger partial charge on any atom is -0.375 e. The molecule has 2 atom stereocenters. The van der Waals surface area contributed by atoms with Crippen molar-refractivity contribution >= 4 is 0 Å². The maximum atomic E-state index is 13.0. The SMILES string of the molecule is CC(N)C(O)(c1ccc(C(C)(C)C)cc1)C(F)(F)F. The van der Waals surface area contributed by atoms with Gasteiger partial charge in [0, 0.05) is 6.04 Å². The van der Waals surface area contributed by atoms with Gasteiger partial charge in [-0.05, 0) is 23.5 Å². The van der Waals surface area contributed by atoms with Gasteiger partial charge in [-0.2, -0.15) is 13.2 Å². The van der Waals surface area contributed by atoms with Gasteiger partial charge in [-0.15, -0.1) is 0 Å². The van der Waals surface area contributed by atoms with Crippen molar-refractivity contribution in [2.45, 2.75) is 50.9 Å². The second-order valence-electron chi connectivity index (χ2n) is 5.88. The van der Waals surface area contributed by atoms with Crippen molar-refractivity contribution in [3.05, 3.63) is 35.4 Å². The Balaban J connectivity index is 3.28. The standard InChI is InChI=1S/C14H20F3NO/c1-9(18)13(19,14(15,16)17)11-7-5-10(6-8-11)12(2,3)4/h5-9,19H,18H2,1-4H3. The molecule has 3 N–H and O–H groups in total. The van der Waals surface area contributed by atoms with Crippen LogP contribution in [-0.4, -0.2) is 17.3 Å². The molecule has 0 aliphatic heterocycles. The number of hydrogen-bond donors (Lipinski definition) is 2. The van der Waals surface area contributed by atoms with E-state index in [1.165, 1.54) is 12.1 Å². The van der Waals surface area contributed by atoms with E-state index in [0.29, 0.717) is 0 Å². The molecule has 5 heteroatoms. The van der Waals surface area contributed by atoms with Gasteiger partial charge in [-0.3, -0.25) is 0 Å². The van der Waals surface area contributed by atoms with Crippen LogP contribution in [0.4, 0.5) is 13.2 Å². The molecule has 108 valence electrons. The number of benzene rings is 1. The molecule has 0 aliphatic carbocycles. The van der Waals surface area contributed by atoms with Crippen molar-refractivity contribution in [2.24, 2.45) is 5.73 Å². The summed E-state index contributed by atoms with van der Waals surface area (Å²) in [5, 5.41) is 9.94. The number of hydrogen-bond acceptors (Lipinski definition) is 2. The van der Waals surface area contributed by atoms with Gasteiger partial charge in [0.2, 0.25) is 5.60 Å². The van der Waals surface area contributed by atoms with E-state index in [1.807, 2.05) is 20.8 Å². The molecule has 0 bridgehead atoms. The Labute approximate surface area is 111 Å². The van der Waals surface area contributed by atoms with Crippen LogP contribution in [-0.2, 0) is 11.0 Å². The van der Waals surface area contributed by atoms with Crippen LogP contribution in [0.1, 0.15) is 38.8 Å². The summed E-state index contributed by atoms with van der Waals surface area (Å²) in [6.45, 7) is 7.03. The molecule has 0 amide bonds. The fourth-order valence-corrected chi connectivity index (χ4v) is 1.91. The first-order chi connectivity index (χ1) is 8.40. The van der Waals surface area contributed by atoms with Crippen molar-refractivity contribution < 1.29 is 18.3 Å². The van der Waals surface area contributed by atoms with Crippen molar-refractivity contribution in [2.75, 3.05) is 0 Å². The Morgan fingerprint density at radius 2 is 1.37 bits per heavy atom. The molecule has 1 aromatic carbocycles. The Morgan fingerprint density at radius 1 is 1.00 bits per heavy atom. The second kappa shape index (κ2) is 4.80. The predicted molar refractivity (Wildman–Crippen MR) is 68.7 cm³/mol. The largest absolute Gasteiger partial charge is 0.422 e. The number of nitrogens with two attached hydrogens (primary N) is 1. The zero-order valence-corrected chi connectivity index (χ0v) is 11.5. The quantitative estimate of drug-likeness (QED) is 0.871.